The Morgan fingerprint density at radius 1 is 1.12 bits per heavy atom. The number of aromatic nitrogens is 2. The van der Waals surface area contributed by atoms with Crippen LogP contribution in [0.15, 0.2) is 61.3 Å². The second-order valence-electron chi connectivity index (χ2n) is 10.6. The van der Waals surface area contributed by atoms with Gasteiger partial charge >= 0.3 is 0 Å². The van der Waals surface area contributed by atoms with Crippen LogP contribution in [0.3, 0.4) is 0 Å². The van der Waals surface area contributed by atoms with Crippen molar-refractivity contribution in [2.75, 3.05) is 74.9 Å². The highest BCUT2D eigenvalue weighted by Crippen LogP contribution is 2.38. The van der Waals surface area contributed by atoms with Crippen molar-refractivity contribution >= 4 is 40.4 Å². The van der Waals surface area contributed by atoms with Crippen molar-refractivity contribution < 1.29 is 14.3 Å². The molecular weight excluding hydrogens is 544 g/mol. The number of anilines is 5. The molecule has 0 aliphatic carbocycles. The zero-order chi connectivity index (χ0) is 30.9. The first kappa shape index (κ1) is 31.0. The van der Waals surface area contributed by atoms with Crippen LogP contribution in [0.4, 0.5) is 28.7 Å². The second-order valence-corrected chi connectivity index (χ2v) is 10.6. The van der Waals surface area contributed by atoms with Crippen LogP contribution < -0.4 is 25.2 Å². The number of amides is 1. The monoisotopic (exact) mass is 582 g/mol. The van der Waals surface area contributed by atoms with Gasteiger partial charge in [-0.1, -0.05) is 6.58 Å². The normalized spacial score (nSPS) is 13.3. The highest BCUT2D eigenvalue weighted by Gasteiger charge is 2.20. The summed E-state index contributed by atoms with van der Waals surface area (Å²) in [5, 5.41) is 15.2. The Morgan fingerprint density at radius 2 is 1.84 bits per heavy atom. The number of nitrogens with zero attached hydrogens (tertiary/aromatic N) is 6. The third-order valence-electron chi connectivity index (χ3n) is 7.36. The van der Waals surface area contributed by atoms with Gasteiger partial charge in [-0.05, 0) is 69.4 Å². The molecular formula is C32H38N8O3. The summed E-state index contributed by atoms with van der Waals surface area (Å²) in [6.45, 7) is 6.73. The van der Waals surface area contributed by atoms with E-state index in [1.807, 2.05) is 44.2 Å². The van der Waals surface area contributed by atoms with E-state index in [0.29, 0.717) is 29.2 Å². The van der Waals surface area contributed by atoms with Crippen LogP contribution in [-0.4, -0.2) is 81.0 Å². The van der Waals surface area contributed by atoms with Crippen molar-refractivity contribution in [1.82, 2.24) is 14.9 Å². The topological polar surface area (TPSA) is 127 Å². The smallest absolute Gasteiger partial charge is 0.247 e. The molecule has 1 aliphatic heterocycles. The summed E-state index contributed by atoms with van der Waals surface area (Å²) in [7, 11) is 7.49. The molecule has 1 aromatic heterocycles. The fourth-order valence-corrected chi connectivity index (χ4v) is 4.81. The average molecular weight is 583 g/mol. The first-order valence-electron chi connectivity index (χ1n) is 14.1. The first-order valence-corrected chi connectivity index (χ1v) is 14.1. The van der Waals surface area contributed by atoms with Crippen LogP contribution in [0.1, 0.15) is 28.9 Å². The van der Waals surface area contributed by atoms with Gasteiger partial charge in [0.25, 0.3) is 0 Å². The standard InChI is InChI=1S/C32H38N8O3/c1-6-30(41)35-26-19-27(29(43-5)20-28(26)39(4)18-17-38(2)3)37-32-34-14-11-25(36-32)31(42)23-7-9-24(10-8-23)40-15-12-22(21-33)13-16-40/h6-11,14,19-20,22H,1,12-13,15-18H2,2-5H3,(H,35,41)(H,34,36,37). The Kier molecular flexibility index (Phi) is 10.3. The number of nitrogens with one attached hydrogen (secondary N) is 2. The molecule has 1 fully saturated rings. The Labute approximate surface area is 252 Å². The van der Waals surface area contributed by atoms with E-state index in [1.54, 1.807) is 31.4 Å². The summed E-state index contributed by atoms with van der Waals surface area (Å²) in [5.41, 5.74) is 3.61. The molecule has 224 valence electrons. The van der Waals surface area contributed by atoms with Crippen molar-refractivity contribution in [1.29, 1.82) is 5.26 Å². The minimum Gasteiger partial charge on any atom is -0.494 e. The van der Waals surface area contributed by atoms with E-state index in [1.165, 1.54) is 12.3 Å². The molecule has 1 saturated heterocycles. The van der Waals surface area contributed by atoms with E-state index < -0.39 is 0 Å². The summed E-state index contributed by atoms with van der Waals surface area (Å²) in [5.74, 6) is 0.250. The van der Waals surface area contributed by atoms with Crippen molar-refractivity contribution in [3.63, 3.8) is 0 Å². The predicted octanol–water partition coefficient (Wildman–Crippen LogP) is 4.32. The minimum atomic E-state index is -0.347. The lowest BCUT2D eigenvalue weighted by molar-refractivity contribution is -0.111. The van der Waals surface area contributed by atoms with Gasteiger partial charge in [-0.15, -0.1) is 0 Å². The largest absolute Gasteiger partial charge is 0.494 e. The average Bonchev–Trinajstić information content (AvgIpc) is 3.03. The van der Waals surface area contributed by atoms with Gasteiger partial charge < -0.3 is 30.1 Å². The SMILES string of the molecule is C=CC(=O)Nc1cc(Nc2nccc(C(=O)c3ccc(N4CCC(C#N)CC4)cc3)n2)c(OC)cc1N(C)CCN(C)C. The maximum Gasteiger partial charge on any atom is 0.247 e. The lowest BCUT2D eigenvalue weighted by Gasteiger charge is -2.31. The van der Waals surface area contributed by atoms with Crippen LogP contribution in [0, 0.1) is 17.2 Å². The molecule has 1 aliphatic rings. The van der Waals surface area contributed by atoms with Gasteiger partial charge in [-0.25, -0.2) is 9.97 Å². The molecule has 0 bridgehead atoms. The number of likely N-dealkylation sites (N-methyl/N-ethyl adjacent to an activating group) is 2. The summed E-state index contributed by atoms with van der Waals surface area (Å²) in [6.07, 6.45) is 4.42. The third kappa shape index (κ3) is 7.87. The van der Waals surface area contributed by atoms with Crippen molar-refractivity contribution in [2.24, 2.45) is 5.92 Å². The second kappa shape index (κ2) is 14.3. The van der Waals surface area contributed by atoms with Crippen molar-refractivity contribution in [2.45, 2.75) is 12.8 Å². The number of benzene rings is 2. The summed E-state index contributed by atoms with van der Waals surface area (Å²) < 4.78 is 5.67. The number of ketones is 1. The first-order chi connectivity index (χ1) is 20.7. The molecule has 11 heteroatoms. The van der Waals surface area contributed by atoms with Gasteiger partial charge in [0, 0.05) is 62.7 Å². The fourth-order valence-electron chi connectivity index (χ4n) is 4.81. The van der Waals surface area contributed by atoms with Gasteiger partial charge in [-0.3, -0.25) is 9.59 Å². The molecule has 43 heavy (non-hydrogen) atoms. The van der Waals surface area contributed by atoms with E-state index >= 15 is 0 Å². The molecule has 2 aromatic carbocycles. The van der Waals surface area contributed by atoms with Crippen molar-refractivity contribution in [3.05, 3.63) is 72.6 Å². The van der Waals surface area contributed by atoms with Gasteiger partial charge in [0.2, 0.25) is 17.6 Å². The quantitative estimate of drug-likeness (QED) is 0.235. The number of piperidine rings is 1. The molecule has 0 radical (unpaired) electrons. The zero-order valence-corrected chi connectivity index (χ0v) is 25.1. The molecule has 0 spiro atoms. The van der Waals surface area contributed by atoms with Crippen LogP contribution >= 0.6 is 0 Å². The number of carbonyl (C=O) groups is 2. The number of methoxy groups -OCH3 is 1. The fraction of sp³-hybridized carbons (Fsp3) is 0.344. The lowest BCUT2D eigenvalue weighted by atomic mass is 9.98. The van der Waals surface area contributed by atoms with E-state index in [0.717, 1.165) is 43.9 Å². The number of hydrogen-bond acceptors (Lipinski definition) is 10. The number of ether oxygens (including phenoxy) is 1. The third-order valence-corrected chi connectivity index (χ3v) is 7.36. The van der Waals surface area contributed by atoms with E-state index in [-0.39, 0.29) is 29.3 Å². The van der Waals surface area contributed by atoms with Gasteiger partial charge in [0.1, 0.15) is 11.4 Å². The summed E-state index contributed by atoms with van der Waals surface area (Å²) >= 11 is 0. The van der Waals surface area contributed by atoms with Crippen LogP contribution in [0.25, 0.3) is 0 Å². The molecule has 2 heterocycles. The Balaban J connectivity index is 1.55. The highest BCUT2D eigenvalue weighted by molar-refractivity contribution is 6.08. The van der Waals surface area contributed by atoms with Crippen LogP contribution in [0.2, 0.25) is 0 Å². The zero-order valence-electron chi connectivity index (χ0n) is 25.1. The Bertz CT molecular complexity index is 1490. The molecule has 4 rings (SSSR count). The van der Waals surface area contributed by atoms with Gasteiger partial charge in [-0.2, -0.15) is 5.26 Å². The minimum absolute atomic E-state index is 0.113. The van der Waals surface area contributed by atoms with E-state index in [9.17, 15) is 9.59 Å². The number of carbonyl (C=O) groups excluding carboxylic acids is 2. The van der Waals surface area contributed by atoms with Crippen molar-refractivity contribution in [3.8, 4) is 11.8 Å². The molecule has 3 aromatic rings. The molecule has 11 nitrogen and oxygen atoms in total. The van der Waals surface area contributed by atoms with E-state index in [4.69, 9.17) is 10.00 Å². The van der Waals surface area contributed by atoms with E-state index in [2.05, 4.69) is 43.0 Å². The summed E-state index contributed by atoms with van der Waals surface area (Å²) in [4.78, 5) is 40.7. The molecule has 1 amide bonds. The molecule has 0 atom stereocenters. The summed E-state index contributed by atoms with van der Waals surface area (Å²) in [6, 6.07) is 15.0. The maximum absolute atomic E-state index is 13.3. The lowest BCUT2D eigenvalue weighted by Crippen LogP contribution is -2.33. The highest BCUT2D eigenvalue weighted by atomic mass is 16.5. The maximum atomic E-state index is 13.3. The number of hydrogen-bond donors (Lipinski definition) is 2. The van der Waals surface area contributed by atoms with Crippen LogP contribution in [0.5, 0.6) is 5.75 Å². The Morgan fingerprint density at radius 3 is 2.47 bits per heavy atom. The van der Waals surface area contributed by atoms with Gasteiger partial charge in [0.05, 0.1) is 30.2 Å². The Hall–Kier alpha value is -4.95. The number of rotatable bonds is 12. The van der Waals surface area contributed by atoms with Gasteiger partial charge in [0.15, 0.2) is 0 Å². The molecule has 2 N–H and O–H groups in total. The predicted molar refractivity (Wildman–Crippen MR) is 169 cm³/mol. The van der Waals surface area contributed by atoms with Crippen LogP contribution in [-0.2, 0) is 4.79 Å². The molecule has 0 unspecified atom stereocenters. The number of nitriles is 1. The molecule has 0 saturated carbocycles.